The standard InChI is InChI=1S/C9H18ClNO2S/c1-11(8-9-4-2-5-9)14(12,13)7-3-6-10/h9H,2-8H2,1H3. The lowest BCUT2D eigenvalue weighted by atomic mass is 9.86. The van der Waals surface area contributed by atoms with Gasteiger partial charge >= 0.3 is 0 Å². The normalized spacial score (nSPS) is 18.5. The van der Waals surface area contributed by atoms with Crippen LogP contribution in [0.2, 0.25) is 0 Å². The molecule has 0 heterocycles. The molecule has 0 unspecified atom stereocenters. The Labute approximate surface area is 91.5 Å². The SMILES string of the molecule is CN(CC1CCC1)S(=O)(=O)CCCCl. The van der Waals surface area contributed by atoms with Crippen molar-refractivity contribution in [2.24, 2.45) is 5.92 Å². The quantitative estimate of drug-likeness (QED) is 0.662. The number of alkyl halides is 1. The fraction of sp³-hybridized carbons (Fsp3) is 1.00. The van der Waals surface area contributed by atoms with Crippen LogP contribution in [0.5, 0.6) is 0 Å². The summed E-state index contributed by atoms with van der Waals surface area (Å²) < 4.78 is 24.8. The third-order valence-electron chi connectivity index (χ3n) is 2.75. The van der Waals surface area contributed by atoms with Gasteiger partial charge in [-0.1, -0.05) is 6.42 Å². The molecule has 0 amide bonds. The molecule has 1 aliphatic rings. The molecule has 0 aliphatic heterocycles. The average molecular weight is 240 g/mol. The molecule has 14 heavy (non-hydrogen) atoms. The van der Waals surface area contributed by atoms with Gasteiger partial charge in [-0.3, -0.25) is 0 Å². The second kappa shape index (κ2) is 5.33. The van der Waals surface area contributed by atoms with Crippen molar-refractivity contribution in [3.8, 4) is 0 Å². The number of nitrogens with zero attached hydrogens (tertiary/aromatic N) is 1. The maximum absolute atomic E-state index is 11.6. The molecule has 0 aromatic heterocycles. The molecule has 1 fully saturated rings. The Morgan fingerprint density at radius 2 is 2.07 bits per heavy atom. The van der Waals surface area contributed by atoms with Gasteiger partial charge in [-0.15, -0.1) is 11.6 Å². The Kier molecular flexibility index (Phi) is 4.67. The fourth-order valence-corrected chi connectivity index (χ4v) is 3.10. The van der Waals surface area contributed by atoms with Crippen molar-refractivity contribution in [2.75, 3.05) is 25.2 Å². The molecule has 0 aromatic rings. The number of sulfonamides is 1. The van der Waals surface area contributed by atoms with Crippen LogP contribution >= 0.6 is 11.6 Å². The van der Waals surface area contributed by atoms with Crippen molar-refractivity contribution in [3.63, 3.8) is 0 Å². The van der Waals surface area contributed by atoms with Crippen molar-refractivity contribution in [1.82, 2.24) is 4.31 Å². The van der Waals surface area contributed by atoms with Crippen molar-refractivity contribution >= 4 is 21.6 Å². The summed E-state index contributed by atoms with van der Waals surface area (Å²) in [6.07, 6.45) is 4.14. The first-order valence-corrected chi connectivity index (χ1v) is 7.20. The van der Waals surface area contributed by atoms with E-state index in [0.29, 0.717) is 24.8 Å². The molecule has 0 bridgehead atoms. The summed E-state index contributed by atoms with van der Waals surface area (Å²) in [4.78, 5) is 0. The monoisotopic (exact) mass is 239 g/mol. The first kappa shape index (κ1) is 12.3. The highest BCUT2D eigenvalue weighted by atomic mass is 35.5. The molecule has 0 aromatic carbocycles. The van der Waals surface area contributed by atoms with Crippen molar-refractivity contribution in [3.05, 3.63) is 0 Å². The van der Waals surface area contributed by atoms with E-state index in [9.17, 15) is 8.42 Å². The van der Waals surface area contributed by atoms with Gasteiger partial charge in [0.1, 0.15) is 0 Å². The number of hydrogen-bond acceptors (Lipinski definition) is 2. The zero-order valence-corrected chi connectivity index (χ0v) is 10.1. The largest absolute Gasteiger partial charge is 0.213 e. The molecule has 0 saturated heterocycles. The third-order valence-corrected chi connectivity index (χ3v) is 4.92. The van der Waals surface area contributed by atoms with Gasteiger partial charge < -0.3 is 0 Å². The summed E-state index contributed by atoms with van der Waals surface area (Å²) >= 11 is 5.47. The predicted molar refractivity (Wildman–Crippen MR) is 59.1 cm³/mol. The molecular formula is C9H18ClNO2S. The minimum Gasteiger partial charge on any atom is -0.212 e. The Morgan fingerprint density at radius 1 is 1.43 bits per heavy atom. The number of rotatable bonds is 6. The average Bonchev–Trinajstić information content (AvgIpc) is 2.07. The summed E-state index contributed by atoms with van der Waals surface area (Å²) in [6, 6.07) is 0. The maximum atomic E-state index is 11.6. The van der Waals surface area contributed by atoms with E-state index in [0.717, 1.165) is 0 Å². The van der Waals surface area contributed by atoms with E-state index in [2.05, 4.69) is 0 Å². The first-order chi connectivity index (χ1) is 6.56. The summed E-state index contributed by atoms with van der Waals surface area (Å²) in [7, 11) is -1.38. The Bertz CT molecular complexity index is 262. The van der Waals surface area contributed by atoms with E-state index in [1.165, 1.54) is 23.6 Å². The summed E-state index contributed by atoms with van der Waals surface area (Å²) in [5.41, 5.74) is 0. The molecule has 1 rings (SSSR count). The molecule has 0 atom stereocenters. The third kappa shape index (κ3) is 3.41. The molecule has 3 nitrogen and oxygen atoms in total. The van der Waals surface area contributed by atoms with Crippen LogP contribution in [0.4, 0.5) is 0 Å². The zero-order chi connectivity index (χ0) is 10.6. The van der Waals surface area contributed by atoms with E-state index in [1.54, 1.807) is 7.05 Å². The van der Waals surface area contributed by atoms with E-state index in [-0.39, 0.29) is 5.75 Å². The highest BCUT2D eigenvalue weighted by Gasteiger charge is 2.24. The van der Waals surface area contributed by atoms with E-state index >= 15 is 0 Å². The fourth-order valence-electron chi connectivity index (χ4n) is 1.55. The Hall–Kier alpha value is 0.200. The number of hydrogen-bond donors (Lipinski definition) is 0. The minimum atomic E-state index is -3.04. The molecule has 0 spiro atoms. The molecule has 0 radical (unpaired) electrons. The van der Waals surface area contributed by atoms with Gasteiger partial charge in [-0.25, -0.2) is 12.7 Å². The number of halogens is 1. The summed E-state index contributed by atoms with van der Waals surface area (Å²) in [5.74, 6) is 1.18. The van der Waals surface area contributed by atoms with E-state index in [1.807, 2.05) is 0 Å². The van der Waals surface area contributed by atoms with E-state index in [4.69, 9.17) is 11.6 Å². The second-order valence-corrected chi connectivity index (χ2v) is 6.51. The van der Waals surface area contributed by atoms with Gasteiger partial charge in [0.25, 0.3) is 0 Å². The van der Waals surface area contributed by atoms with Gasteiger partial charge in [0.15, 0.2) is 0 Å². The van der Waals surface area contributed by atoms with Crippen LogP contribution in [0.3, 0.4) is 0 Å². The van der Waals surface area contributed by atoms with Crippen LogP contribution in [0, 0.1) is 5.92 Å². The minimum absolute atomic E-state index is 0.180. The van der Waals surface area contributed by atoms with Gasteiger partial charge in [0, 0.05) is 19.5 Å². The lowest BCUT2D eigenvalue weighted by Gasteiger charge is -2.29. The van der Waals surface area contributed by atoms with Gasteiger partial charge in [-0.2, -0.15) is 0 Å². The zero-order valence-electron chi connectivity index (χ0n) is 8.58. The second-order valence-electron chi connectivity index (χ2n) is 3.94. The molecule has 84 valence electrons. The van der Waals surface area contributed by atoms with Crippen molar-refractivity contribution < 1.29 is 8.42 Å². The van der Waals surface area contributed by atoms with Crippen LogP contribution < -0.4 is 0 Å². The van der Waals surface area contributed by atoms with Gasteiger partial charge in [-0.05, 0) is 25.2 Å². The topological polar surface area (TPSA) is 37.4 Å². The molecular weight excluding hydrogens is 222 g/mol. The lowest BCUT2D eigenvalue weighted by Crippen LogP contribution is -2.35. The first-order valence-electron chi connectivity index (χ1n) is 5.06. The van der Waals surface area contributed by atoms with E-state index < -0.39 is 10.0 Å². The molecule has 1 saturated carbocycles. The smallest absolute Gasteiger partial charge is 0.212 e. The van der Waals surface area contributed by atoms with Crippen molar-refractivity contribution in [1.29, 1.82) is 0 Å². The summed E-state index contributed by atoms with van der Waals surface area (Å²) in [5, 5.41) is 0. The Morgan fingerprint density at radius 3 is 2.50 bits per heavy atom. The highest BCUT2D eigenvalue weighted by Crippen LogP contribution is 2.27. The van der Waals surface area contributed by atoms with Gasteiger partial charge in [0.2, 0.25) is 10.0 Å². The van der Waals surface area contributed by atoms with Crippen LogP contribution in [0.15, 0.2) is 0 Å². The lowest BCUT2D eigenvalue weighted by molar-refractivity contribution is 0.263. The summed E-state index contributed by atoms with van der Waals surface area (Å²) in [6.45, 7) is 0.685. The van der Waals surface area contributed by atoms with Crippen LogP contribution in [-0.4, -0.2) is 37.9 Å². The molecule has 0 N–H and O–H groups in total. The predicted octanol–water partition coefficient (Wildman–Crippen LogP) is 1.68. The highest BCUT2D eigenvalue weighted by molar-refractivity contribution is 7.89. The van der Waals surface area contributed by atoms with Crippen LogP contribution in [0.25, 0.3) is 0 Å². The molecule has 5 heteroatoms. The van der Waals surface area contributed by atoms with Crippen LogP contribution in [0.1, 0.15) is 25.7 Å². The van der Waals surface area contributed by atoms with Gasteiger partial charge in [0.05, 0.1) is 5.75 Å². The van der Waals surface area contributed by atoms with Crippen LogP contribution in [-0.2, 0) is 10.0 Å². The molecule has 1 aliphatic carbocycles. The Balaban J connectivity index is 2.36. The maximum Gasteiger partial charge on any atom is 0.213 e. The van der Waals surface area contributed by atoms with Crippen molar-refractivity contribution in [2.45, 2.75) is 25.7 Å².